The number of aromatic amines is 1. The lowest BCUT2D eigenvalue weighted by Crippen LogP contribution is -2.50. The molecule has 2 N–H and O–H groups in total. The Labute approximate surface area is 148 Å². The van der Waals surface area contributed by atoms with Crippen LogP contribution < -0.4 is 5.32 Å². The molecule has 0 radical (unpaired) electrons. The van der Waals surface area contributed by atoms with E-state index in [1.165, 1.54) is 22.0 Å². The normalized spacial score (nSPS) is 25.6. The van der Waals surface area contributed by atoms with Gasteiger partial charge in [0.05, 0.1) is 6.61 Å². The van der Waals surface area contributed by atoms with Crippen molar-refractivity contribution in [2.75, 3.05) is 26.7 Å². The second-order valence-electron chi connectivity index (χ2n) is 7.52. The summed E-state index contributed by atoms with van der Waals surface area (Å²) in [5.41, 5.74) is 4.16. The number of carbonyl (C=O) groups is 1. The third-order valence-electron chi connectivity index (χ3n) is 5.78. The predicted octanol–water partition coefficient (Wildman–Crippen LogP) is 3.26. The maximum Gasteiger partial charge on any atom is 0.407 e. The number of likely N-dealkylation sites (N-methyl/N-ethyl adjacent to an activating group) is 1. The molecule has 1 aromatic heterocycles. The van der Waals surface area contributed by atoms with Crippen LogP contribution in [0, 0.1) is 5.92 Å². The first-order valence-electron chi connectivity index (χ1n) is 9.37. The highest BCUT2D eigenvalue weighted by Crippen LogP contribution is 2.44. The predicted molar refractivity (Wildman–Crippen MR) is 98.9 cm³/mol. The first-order chi connectivity index (χ1) is 12.2. The molecule has 1 unspecified atom stereocenters. The SMILES string of the molecule is CCCOC(=O)NC[C@@H]1CC2c3cccc4[nH]cc(c34)C[C@H]2N(C)C1. The van der Waals surface area contributed by atoms with Crippen molar-refractivity contribution in [3.8, 4) is 0 Å². The summed E-state index contributed by atoms with van der Waals surface area (Å²) >= 11 is 0. The molecule has 0 bridgehead atoms. The minimum atomic E-state index is -0.287. The molecule has 1 saturated heterocycles. The Morgan fingerprint density at radius 1 is 1.44 bits per heavy atom. The number of hydrogen-bond acceptors (Lipinski definition) is 3. The van der Waals surface area contributed by atoms with E-state index in [0.29, 0.717) is 31.0 Å². The van der Waals surface area contributed by atoms with Crippen LogP contribution in [0.5, 0.6) is 0 Å². The molecule has 1 aliphatic heterocycles. The van der Waals surface area contributed by atoms with Crippen molar-refractivity contribution >= 4 is 17.0 Å². The summed E-state index contributed by atoms with van der Waals surface area (Å²) in [6, 6.07) is 7.16. The van der Waals surface area contributed by atoms with Gasteiger partial charge in [-0.3, -0.25) is 0 Å². The number of ether oxygens (including phenoxy) is 1. The second-order valence-corrected chi connectivity index (χ2v) is 7.52. The lowest BCUT2D eigenvalue weighted by Gasteiger charge is -2.45. The summed E-state index contributed by atoms with van der Waals surface area (Å²) < 4.78 is 5.13. The number of benzene rings is 1. The van der Waals surface area contributed by atoms with Crippen molar-refractivity contribution in [1.82, 2.24) is 15.2 Å². The summed E-state index contributed by atoms with van der Waals surface area (Å²) in [5, 5.41) is 4.37. The number of fused-ring (bicyclic) bond motifs is 2. The lowest BCUT2D eigenvalue weighted by atomic mass is 9.72. The number of hydrogen-bond donors (Lipinski definition) is 2. The van der Waals surface area contributed by atoms with E-state index in [2.05, 4.69) is 46.6 Å². The van der Waals surface area contributed by atoms with Crippen molar-refractivity contribution in [2.45, 2.75) is 38.1 Å². The highest BCUT2D eigenvalue weighted by Gasteiger charge is 2.39. The Morgan fingerprint density at radius 2 is 2.32 bits per heavy atom. The summed E-state index contributed by atoms with van der Waals surface area (Å²) in [4.78, 5) is 17.6. The van der Waals surface area contributed by atoms with Gasteiger partial charge in [0.15, 0.2) is 0 Å². The van der Waals surface area contributed by atoms with E-state index in [1.807, 2.05) is 6.92 Å². The Morgan fingerprint density at radius 3 is 3.16 bits per heavy atom. The minimum Gasteiger partial charge on any atom is -0.450 e. The average Bonchev–Trinajstić information content (AvgIpc) is 3.03. The molecular formula is C20H27N3O2. The molecule has 4 rings (SSSR count). The topological polar surface area (TPSA) is 57.4 Å². The maximum absolute atomic E-state index is 11.7. The Hall–Kier alpha value is -2.01. The lowest BCUT2D eigenvalue weighted by molar-refractivity contribution is 0.105. The Kier molecular flexibility index (Phi) is 4.42. The standard InChI is InChI=1S/C20H27N3O2/c1-3-7-25-20(24)22-10-13-8-16-15-5-4-6-17-19(15)14(11-21-17)9-18(16)23(2)12-13/h4-6,11,13,16,18,21H,3,7-10,12H2,1-2H3,(H,22,24)/t13-,16?,18+/m0/s1. The molecular weight excluding hydrogens is 314 g/mol. The highest BCUT2D eigenvalue weighted by atomic mass is 16.5. The second kappa shape index (κ2) is 6.71. The fraction of sp³-hybridized carbons (Fsp3) is 0.550. The molecule has 1 aromatic carbocycles. The fourth-order valence-corrected chi connectivity index (χ4v) is 4.68. The highest BCUT2D eigenvalue weighted by molar-refractivity contribution is 5.88. The van der Waals surface area contributed by atoms with Crippen LogP contribution in [0.25, 0.3) is 10.9 Å². The molecule has 134 valence electrons. The fourth-order valence-electron chi connectivity index (χ4n) is 4.68. The van der Waals surface area contributed by atoms with E-state index < -0.39 is 0 Å². The van der Waals surface area contributed by atoms with Gasteiger partial charge in [-0.25, -0.2) is 4.79 Å². The number of likely N-dealkylation sites (tertiary alicyclic amines) is 1. The third kappa shape index (κ3) is 3.01. The zero-order valence-corrected chi connectivity index (χ0v) is 15.0. The molecule has 1 fully saturated rings. The summed E-state index contributed by atoms with van der Waals surface area (Å²) in [6.07, 6.45) is 4.97. The molecule has 2 heterocycles. The smallest absolute Gasteiger partial charge is 0.407 e. The molecule has 25 heavy (non-hydrogen) atoms. The summed E-state index contributed by atoms with van der Waals surface area (Å²) in [5.74, 6) is 0.986. The van der Waals surface area contributed by atoms with E-state index in [0.717, 1.165) is 25.8 Å². The number of carbonyl (C=O) groups excluding carboxylic acids is 1. The first kappa shape index (κ1) is 16.5. The van der Waals surface area contributed by atoms with Gasteiger partial charge in [-0.2, -0.15) is 0 Å². The van der Waals surface area contributed by atoms with Crippen LogP contribution >= 0.6 is 0 Å². The monoisotopic (exact) mass is 341 g/mol. The van der Waals surface area contributed by atoms with E-state index in [9.17, 15) is 4.79 Å². The number of alkyl carbamates (subject to hydrolysis) is 1. The molecule has 1 amide bonds. The van der Waals surface area contributed by atoms with Gasteiger partial charge < -0.3 is 19.9 Å². The van der Waals surface area contributed by atoms with Crippen molar-refractivity contribution in [2.24, 2.45) is 5.92 Å². The molecule has 2 aliphatic rings. The van der Waals surface area contributed by atoms with Gasteiger partial charge >= 0.3 is 6.09 Å². The minimum absolute atomic E-state index is 0.287. The van der Waals surface area contributed by atoms with Crippen LogP contribution in [0.3, 0.4) is 0 Å². The molecule has 5 nitrogen and oxygen atoms in total. The summed E-state index contributed by atoms with van der Waals surface area (Å²) in [7, 11) is 2.22. The number of rotatable bonds is 4. The third-order valence-corrected chi connectivity index (χ3v) is 5.78. The van der Waals surface area contributed by atoms with Gasteiger partial charge in [0.25, 0.3) is 0 Å². The molecule has 0 spiro atoms. The van der Waals surface area contributed by atoms with Gasteiger partial charge in [-0.05, 0) is 49.4 Å². The van der Waals surface area contributed by atoms with Crippen molar-refractivity contribution in [3.63, 3.8) is 0 Å². The quantitative estimate of drug-likeness (QED) is 0.897. The maximum atomic E-state index is 11.7. The van der Waals surface area contributed by atoms with Crippen LogP contribution in [0.4, 0.5) is 4.79 Å². The Balaban J connectivity index is 1.50. The van der Waals surface area contributed by atoms with Gasteiger partial charge in [0.1, 0.15) is 0 Å². The number of nitrogens with one attached hydrogen (secondary N) is 2. The number of piperidine rings is 1. The zero-order chi connectivity index (χ0) is 17.4. The van der Waals surface area contributed by atoms with Crippen LogP contribution in [0.15, 0.2) is 24.4 Å². The number of nitrogens with zero attached hydrogens (tertiary/aromatic N) is 1. The van der Waals surface area contributed by atoms with E-state index in [4.69, 9.17) is 4.74 Å². The number of amides is 1. The average molecular weight is 341 g/mol. The largest absolute Gasteiger partial charge is 0.450 e. The zero-order valence-electron chi connectivity index (χ0n) is 15.0. The van der Waals surface area contributed by atoms with E-state index in [1.54, 1.807) is 0 Å². The Bertz CT molecular complexity index is 769. The van der Waals surface area contributed by atoms with Crippen molar-refractivity contribution in [1.29, 1.82) is 0 Å². The van der Waals surface area contributed by atoms with Gasteiger partial charge in [-0.15, -0.1) is 0 Å². The number of H-pyrrole nitrogens is 1. The molecule has 1 aliphatic carbocycles. The number of aromatic nitrogens is 1. The van der Waals surface area contributed by atoms with Crippen LogP contribution in [-0.4, -0.2) is 48.8 Å². The van der Waals surface area contributed by atoms with E-state index >= 15 is 0 Å². The molecule has 0 saturated carbocycles. The summed E-state index contributed by atoms with van der Waals surface area (Å²) in [6.45, 7) is 4.19. The van der Waals surface area contributed by atoms with Crippen molar-refractivity contribution in [3.05, 3.63) is 35.5 Å². The molecule has 2 aromatic rings. The van der Waals surface area contributed by atoms with Gasteiger partial charge in [0, 0.05) is 42.1 Å². The van der Waals surface area contributed by atoms with Gasteiger partial charge in [-0.1, -0.05) is 19.1 Å². The molecule has 3 atom stereocenters. The van der Waals surface area contributed by atoms with Crippen LogP contribution in [-0.2, 0) is 11.2 Å². The van der Waals surface area contributed by atoms with Gasteiger partial charge in [0.2, 0.25) is 0 Å². The first-order valence-corrected chi connectivity index (χ1v) is 9.37. The van der Waals surface area contributed by atoms with Crippen molar-refractivity contribution < 1.29 is 9.53 Å². The van der Waals surface area contributed by atoms with E-state index in [-0.39, 0.29) is 6.09 Å². The van der Waals surface area contributed by atoms with Crippen LogP contribution in [0.2, 0.25) is 0 Å². The van der Waals surface area contributed by atoms with Crippen LogP contribution in [0.1, 0.15) is 36.8 Å². The molecule has 5 heteroatoms.